The molecular weight excluding hydrogens is 407 g/mol. The van der Waals surface area contributed by atoms with E-state index in [2.05, 4.69) is 43.2 Å². The number of alkyl halides is 3. The van der Waals surface area contributed by atoms with Crippen molar-refractivity contribution in [3.63, 3.8) is 0 Å². The van der Waals surface area contributed by atoms with Gasteiger partial charge in [-0.15, -0.1) is 0 Å². The SMILES string of the molecule is CC/C=C\CCc1nc2cc(/C=C/c3noc(C(F)(F)F)n3)ccc2n1CCN(C)C. The van der Waals surface area contributed by atoms with Crippen LogP contribution in [0.1, 0.15) is 42.9 Å². The third-order valence-electron chi connectivity index (χ3n) is 4.67. The molecular formula is C22H26F3N5O. The van der Waals surface area contributed by atoms with Crippen LogP contribution in [0.4, 0.5) is 13.2 Å². The molecule has 0 spiro atoms. The number of aromatic nitrogens is 4. The van der Waals surface area contributed by atoms with E-state index in [-0.39, 0.29) is 5.82 Å². The van der Waals surface area contributed by atoms with Crippen LogP contribution in [-0.4, -0.2) is 45.2 Å². The van der Waals surface area contributed by atoms with Crippen molar-refractivity contribution in [3.05, 3.63) is 53.5 Å². The summed E-state index contributed by atoms with van der Waals surface area (Å²) in [6.07, 6.45) is 5.48. The van der Waals surface area contributed by atoms with Crippen molar-refractivity contribution in [2.45, 2.75) is 38.9 Å². The highest BCUT2D eigenvalue weighted by Gasteiger charge is 2.38. The highest BCUT2D eigenvalue weighted by atomic mass is 19.4. The number of aryl methyl sites for hydroxylation is 1. The minimum atomic E-state index is -4.65. The molecule has 0 fully saturated rings. The molecule has 0 unspecified atom stereocenters. The van der Waals surface area contributed by atoms with Gasteiger partial charge >= 0.3 is 12.1 Å². The van der Waals surface area contributed by atoms with E-state index >= 15 is 0 Å². The highest BCUT2D eigenvalue weighted by Crippen LogP contribution is 2.27. The molecule has 2 heterocycles. The van der Waals surface area contributed by atoms with E-state index in [0.29, 0.717) is 0 Å². The second-order valence-corrected chi connectivity index (χ2v) is 7.44. The van der Waals surface area contributed by atoms with Crippen LogP contribution in [-0.2, 0) is 19.1 Å². The molecule has 0 N–H and O–H groups in total. The summed E-state index contributed by atoms with van der Waals surface area (Å²) in [6.45, 7) is 3.83. The maximum atomic E-state index is 12.6. The number of benzene rings is 1. The Kier molecular flexibility index (Phi) is 7.27. The summed E-state index contributed by atoms with van der Waals surface area (Å²) >= 11 is 0. The number of nitrogens with zero attached hydrogens (tertiary/aromatic N) is 5. The average Bonchev–Trinajstić information content (AvgIpc) is 3.32. The Morgan fingerprint density at radius 1 is 1.13 bits per heavy atom. The van der Waals surface area contributed by atoms with Gasteiger partial charge in [-0.1, -0.05) is 36.4 Å². The lowest BCUT2D eigenvalue weighted by molar-refractivity contribution is -0.159. The second kappa shape index (κ2) is 9.91. The monoisotopic (exact) mass is 433 g/mol. The molecule has 0 amide bonds. The predicted molar refractivity (Wildman–Crippen MR) is 114 cm³/mol. The molecule has 0 radical (unpaired) electrons. The van der Waals surface area contributed by atoms with Crippen molar-refractivity contribution < 1.29 is 17.7 Å². The van der Waals surface area contributed by atoms with Crippen LogP contribution in [0.15, 0.2) is 34.9 Å². The van der Waals surface area contributed by atoms with Crippen molar-refractivity contribution in [3.8, 4) is 0 Å². The second-order valence-electron chi connectivity index (χ2n) is 7.44. The van der Waals surface area contributed by atoms with Crippen LogP contribution in [0.2, 0.25) is 0 Å². The first-order valence-electron chi connectivity index (χ1n) is 10.2. The van der Waals surface area contributed by atoms with Crippen LogP contribution in [0.5, 0.6) is 0 Å². The minimum Gasteiger partial charge on any atom is -0.329 e. The van der Waals surface area contributed by atoms with Crippen LogP contribution in [0, 0.1) is 0 Å². The standard InChI is InChI=1S/C22H26F3N5O/c1-4-5-6-7-8-20-26-17-15-16(9-11-18(17)30(20)14-13-29(2)3)10-12-19-27-21(31-28-19)22(23,24)25/h5-6,9-12,15H,4,7-8,13-14H2,1-3H3/b6-5-,12-10+. The summed E-state index contributed by atoms with van der Waals surface area (Å²) in [7, 11) is 4.07. The summed E-state index contributed by atoms with van der Waals surface area (Å²) < 4.78 is 44.2. The van der Waals surface area contributed by atoms with Crippen LogP contribution in [0.25, 0.3) is 23.2 Å². The summed E-state index contributed by atoms with van der Waals surface area (Å²) in [4.78, 5) is 10.3. The maximum absolute atomic E-state index is 12.6. The lowest BCUT2D eigenvalue weighted by atomic mass is 10.2. The van der Waals surface area contributed by atoms with Gasteiger partial charge in [0.1, 0.15) is 5.82 Å². The van der Waals surface area contributed by atoms with E-state index < -0.39 is 12.1 Å². The largest absolute Gasteiger partial charge is 0.471 e. The van der Waals surface area contributed by atoms with E-state index in [1.165, 1.54) is 6.08 Å². The van der Waals surface area contributed by atoms with E-state index in [0.717, 1.165) is 54.8 Å². The third kappa shape index (κ3) is 6.04. The summed E-state index contributed by atoms with van der Waals surface area (Å²) in [6, 6.07) is 5.80. The van der Waals surface area contributed by atoms with E-state index in [1.54, 1.807) is 6.08 Å². The van der Waals surface area contributed by atoms with Gasteiger partial charge in [0.05, 0.1) is 11.0 Å². The number of imidazole rings is 1. The molecule has 0 saturated heterocycles. The molecule has 0 aliphatic rings. The van der Waals surface area contributed by atoms with Crippen molar-refractivity contribution in [2.24, 2.45) is 0 Å². The Morgan fingerprint density at radius 2 is 1.94 bits per heavy atom. The average molecular weight is 433 g/mol. The van der Waals surface area contributed by atoms with Gasteiger partial charge in [-0.2, -0.15) is 18.2 Å². The molecule has 0 aliphatic heterocycles. The Morgan fingerprint density at radius 3 is 2.61 bits per heavy atom. The molecule has 6 nitrogen and oxygen atoms in total. The quantitative estimate of drug-likeness (QED) is 0.441. The lowest BCUT2D eigenvalue weighted by Gasteiger charge is -2.13. The van der Waals surface area contributed by atoms with E-state index in [9.17, 15) is 13.2 Å². The predicted octanol–water partition coefficient (Wildman–Crippen LogP) is 5.07. The molecule has 0 saturated carbocycles. The first kappa shape index (κ1) is 22.7. The van der Waals surface area contributed by atoms with Gasteiger partial charge < -0.3 is 14.0 Å². The molecule has 166 valence electrons. The van der Waals surface area contributed by atoms with Crippen molar-refractivity contribution in [2.75, 3.05) is 20.6 Å². The zero-order valence-electron chi connectivity index (χ0n) is 17.9. The molecule has 0 atom stereocenters. The number of fused-ring (bicyclic) bond motifs is 1. The summed E-state index contributed by atoms with van der Waals surface area (Å²) in [5, 5.41) is 3.34. The lowest BCUT2D eigenvalue weighted by Crippen LogP contribution is -2.19. The molecule has 2 aromatic heterocycles. The number of hydrogen-bond acceptors (Lipinski definition) is 5. The third-order valence-corrected chi connectivity index (χ3v) is 4.67. The number of likely N-dealkylation sites (N-methyl/N-ethyl adjacent to an activating group) is 1. The van der Waals surface area contributed by atoms with Gasteiger partial charge in [0.2, 0.25) is 0 Å². The first-order valence-corrected chi connectivity index (χ1v) is 10.2. The Bertz CT molecular complexity index is 1060. The van der Waals surface area contributed by atoms with E-state index in [1.807, 2.05) is 32.3 Å². The molecule has 9 heteroatoms. The molecule has 3 rings (SSSR count). The van der Waals surface area contributed by atoms with Crippen LogP contribution in [0.3, 0.4) is 0 Å². The number of halogens is 3. The van der Waals surface area contributed by atoms with Crippen molar-refractivity contribution in [1.82, 2.24) is 24.6 Å². The topological polar surface area (TPSA) is 60.0 Å². The fraction of sp³-hybridized carbons (Fsp3) is 0.409. The number of allylic oxidation sites excluding steroid dienone is 2. The van der Waals surface area contributed by atoms with Gasteiger partial charge in [0.15, 0.2) is 5.82 Å². The van der Waals surface area contributed by atoms with Crippen molar-refractivity contribution >= 4 is 23.2 Å². The smallest absolute Gasteiger partial charge is 0.329 e. The maximum Gasteiger partial charge on any atom is 0.471 e. The van der Waals surface area contributed by atoms with E-state index in [4.69, 9.17) is 4.98 Å². The molecule has 3 aromatic rings. The van der Waals surface area contributed by atoms with Gasteiger partial charge in [-0.3, -0.25) is 0 Å². The normalized spacial score (nSPS) is 12.9. The molecule has 1 aromatic carbocycles. The molecule has 31 heavy (non-hydrogen) atoms. The van der Waals surface area contributed by atoms with Crippen LogP contribution >= 0.6 is 0 Å². The van der Waals surface area contributed by atoms with Gasteiger partial charge in [0.25, 0.3) is 0 Å². The Hall–Kier alpha value is -2.94. The number of rotatable bonds is 9. The molecule has 0 bridgehead atoms. The number of hydrogen-bond donors (Lipinski definition) is 0. The van der Waals surface area contributed by atoms with Gasteiger partial charge in [-0.25, -0.2) is 4.98 Å². The zero-order valence-corrected chi connectivity index (χ0v) is 17.9. The van der Waals surface area contributed by atoms with Crippen LogP contribution < -0.4 is 0 Å². The zero-order chi connectivity index (χ0) is 22.4. The fourth-order valence-corrected chi connectivity index (χ4v) is 3.13. The Balaban J connectivity index is 1.84. The summed E-state index contributed by atoms with van der Waals surface area (Å²) in [5.74, 6) is -0.469. The highest BCUT2D eigenvalue weighted by molar-refractivity contribution is 5.81. The van der Waals surface area contributed by atoms with Crippen molar-refractivity contribution in [1.29, 1.82) is 0 Å². The van der Waals surface area contributed by atoms with Gasteiger partial charge in [0, 0.05) is 19.5 Å². The van der Waals surface area contributed by atoms with Gasteiger partial charge in [-0.05, 0) is 50.7 Å². The Labute approximate surface area is 179 Å². The first-order chi connectivity index (χ1) is 14.8. The molecule has 0 aliphatic carbocycles. The summed E-state index contributed by atoms with van der Waals surface area (Å²) in [5.41, 5.74) is 2.67. The minimum absolute atomic E-state index is 0.132. The fourth-order valence-electron chi connectivity index (χ4n) is 3.13.